The molecule has 18 heavy (non-hydrogen) atoms. The smallest absolute Gasteiger partial charge is 0.268 e. The molecule has 0 unspecified atom stereocenters. The number of benzene rings is 2. The minimum atomic E-state index is -0.824. The van der Waals surface area contributed by atoms with Crippen molar-refractivity contribution < 1.29 is 9.59 Å². The van der Waals surface area contributed by atoms with Gasteiger partial charge in [0.15, 0.2) is 0 Å². The number of rotatable bonds is 2. The number of anilines is 1. The Bertz CT molecular complexity index is 555. The number of hydrogen-bond donors (Lipinski definition) is 0. The van der Waals surface area contributed by atoms with Crippen molar-refractivity contribution >= 4 is 28.6 Å². The Labute approximate surface area is 110 Å². The van der Waals surface area contributed by atoms with Crippen LogP contribution < -0.4 is 4.90 Å². The Kier molecular flexibility index (Phi) is 3.75. The molecule has 0 aromatic heterocycles. The van der Waals surface area contributed by atoms with Gasteiger partial charge in [0.25, 0.3) is 5.91 Å². The van der Waals surface area contributed by atoms with Crippen molar-refractivity contribution in [1.82, 2.24) is 0 Å². The first-order valence-corrected chi connectivity index (χ1v) is 5.72. The molecule has 2 aromatic rings. The molecule has 0 spiro atoms. The molecule has 90 valence electrons. The van der Waals surface area contributed by atoms with Crippen LogP contribution in [-0.2, 0) is 0 Å². The van der Waals surface area contributed by atoms with Crippen LogP contribution in [0.25, 0.3) is 0 Å². The second-order valence-corrected chi connectivity index (χ2v) is 3.92. The third-order valence-electron chi connectivity index (χ3n) is 2.41. The van der Waals surface area contributed by atoms with Gasteiger partial charge in [-0.25, -0.2) is 4.90 Å². The largest absolute Gasteiger partial charge is 0.327 e. The van der Waals surface area contributed by atoms with Crippen LogP contribution in [0.1, 0.15) is 10.4 Å². The van der Waals surface area contributed by atoms with Gasteiger partial charge >= 0.3 is 5.37 Å². The lowest BCUT2D eigenvalue weighted by atomic mass is 10.2. The van der Waals surface area contributed by atoms with Crippen molar-refractivity contribution in [2.75, 3.05) is 4.90 Å². The predicted molar refractivity (Wildman–Crippen MR) is 70.9 cm³/mol. The predicted octanol–water partition coefficient (Wildman–Crippen LogP) is 3.69. The second kappa shape index (κ2) is 5.47. The van der Waals surface area contributed by atoms with Gasteiger partial charge in [0, 0.05) is 5.56 Å². The number of halogens is 1. The fourth-order valence-electron chi connectivity index (χ4n) is 1.59. The molecule has 0 heterocycles. The molecular formula is C14H10ClNO2. The van der Waals surface area contributed by atoms with Crippen LogP contribution in [0.3, 0.4) is 0 Å². The van der Waals surface area contributed by atoms with Crippen LogP contribution in [0.2, 0.25) is 0 Å². The molecule has 2 rings (SSSR count). The van der Waals surface area contributed by atoms with Crippen molar-refractivity contribution in [2.24, 2.45) is 0 Å². The van der Waals surface area contributed by atoms with Gasteiger partial charge in [0.05, 0.1) is 5.69 Å². The van der Waals surface area contributed by atoms with E-state index in [4.69, 9.17) is 11.6 Å². The van der Waals surface area contributed by atoms with Crippen LogP contribution in [0.15, 0.2) is 60.7 Å². The number of imide groups is 1. The van der Waals surface area contributed by atoms with Gasteiger partial charge in [-0.1, -0.05) is 36.4 Å². The summed E-state index contributed by atoms with van der Waals surface area (Å²) >= 11 is 5.49. The number of hydrogen-bond acceptors (Lipinski definition) is 2. The number of para-hydroxylation sites is 1. The maximum Gasteiger partial charge on any atom is 0.327 e. The van der Waals surface area contributed by atoms with Gasteiger partial charge in [0.2, 0.25) is 0 Å². The minimum Gasteiger partial charge on any atom is -0.268 e. The van der Waals surface area contributed by atoms with Crippen molar-refractivity contribution in [3.8, 4) is 0 Å². The van der Waals surface area contributed by atoms with Crippen LogP contribution in [0.4, 0.5) is 10.5 Å². The van der Waals surface area contributed by atoms with Crippen LogP contribution >= 0.6 is 11.6 Å². The van der Waals surface area contributed by atoms with E-state index in [0.29, 0.717) is 11.3 Å². The van der Waals surface area contributed by atoms with E-state index in [2.05, 4.69) is 0 Å². The van der Waals surface area contributed by atoms with Gasteiger partial charge in [-0.3, -0.25) is 9.59 Å². The fourth-order valence-corrected chi connectivity index (χ4v) is 1.76. The normalized spacial score (nSPS) is 9.83. The summed E-state index contributed by atoms with van der Waals surface area (Å²) in [5.74, 6) is -0.443. The number of carbonyl (C=O) groups is 2. The lowest BCUT2D eigenvalue weighted by molar-refractivity contribution is 0.0997. The van der Waals surface area contributed by atoms with E-state index in [1.165, 1.54) is 0 Å². The first-order valence-electron chi connectivity index (χ1n) is 5.34. The number of amides is 2. The van der Waals surface area contributed by atoms with Gasteiger partial charge < -0.3 is 0 Å². The van der Waals surface area contributed by atoms with Crippen molar-refractivity contribution in [3.63, 3.8) is 0 Å². The van der Waals surface area contributed by atoms with Gasteiger partial charge in [0.1, 0.15) is 0 Å². The summed E-state index contributed by atoms with van der Waals surface area (Å²) in [6, 6.07) is 17.1. The summed E-state index contributed by atoms with van der Waals surface area (Å²) in [5.41, 5.74) is 0.863. The lowest BCUT2D eigenvalue weighted by Crippen LogP contribution is -2.33. The highest BCUT2D eigenvalue weighted by molar-refractivity contribution is 6.68. The van der Waals surface area contributed by atoms with Crippen LogP contribution in [-0.4, -0.2) is 11.3 Å². The molecule has 0 saturated heterocycles. The van der Waals surface area contributed by atoms with Gasteiger partial charge in [-0.05, 0) is 35.9 Å². The second-order valence-electron chi connectivity index (χ2n) is 3.60. The fraction of sp³-hybridized carbons (Fsp3) is 0. The number of nitrogens with zero attached hydrogens (tertiary/aromatic N) is 1. The zero-order valence-electron chi connectivity index (χ0n) is 9.42. The van der Waals surface area contributed by atoms with Gasteiger partial charge in [-0.2, -0.15) is 0 Å². The Hall–Kier alpha value is -2.13. The van der Waals surface area contributed by atoms with E-state index in [0.717, 1.165) is 4.90 Å². The van der Waals surface area contributed by atoms with E-state index in [9.17, 15) is 9.59 Å². The quantitative estimate of drug-likeness (QED) is 0.609. The zero-order valence-corrected chi connectivity index (χ0v) is 10.2. The summed E-state index contributed by atoms with van der Waals surface area (Å²) in [5, 5.41) is -0.824. The lowest BCUT2D eigenvalue weighted by Gasteiger charge is -2.17. The first-order chi connectivity index (χ1) is 8.70. The topological polar surface area (TPSA) is 37.4 Å². The Morgan fingerprint density at radius 3 is 1.83 bits per heavy atom. The van der Waals surface area contributed by atoms with E-state index in [-0.39, 0.29) is 0 Å². The molecular weight excluding hydrogens is 250 g/mol. The molecule has 2 aromatic carbocycles. The zero-order chi connectivity index (χ0) is 13.0. The highest BCUT2D eigenvalue weighted by Crippen LogP contribution is 2.18. The highest BCUT2D eigenvalue weighted by Gasteiger charge is 2.22. The molecule has 3 nitrogen and oxygen atoms in total. The summed E-state index contributed by atoms with van der Waals surface area (Å²) in [6.07, 6.45) is 0. The molecule has 0 aliphatic rings. The molecule has 2 amide bonds. The molecule has 4 heteroatoms. The molecule has 0 atom stereocenters. The van der Waals surface area contributed by atoms with Crippen molar-refractivity contribution in [1.29, 1.82) is 0 Å². The maximum absolute atomic E-state index is 12.2. The summed E-state index contributed by atoms with van der Waals surface area (Å²) in [6.45, 7) is 0. The Balaban J connectivity index is 2.39. The van der Waals surface area contributed by atoms with E-state index < -0.39 is 11.3 Å². The first kappa shape index (κ1) is 12.3. The van der Waals surface area contributed by atoms with Gasteiger partial charge in [-0.15, -0.1) is 0 Å². The monoisotopic (exact) mass is 259 g/mol. The summed E-state index contributed by atoms with van der Waals surface area (Å²) in [7, 11) is 0. The highest BCUT2D eigenvalue weighted by atomic mass is 35.5. The van der Waals surface area contributed by atoms with E-state index in [1.54, 1.807) is 60.7 Å². The molecule has 0 aliphatic carbocycles. The number of carbonyl (C=O) groups excluding carboxylic acids is 2. The standard InChI is InChI=1S/C14H10ClNO2/c15-14(18)16(12-9-5-2-6-10-12)13(17)11-7-3-1-4-8-11/h1-10H. The third-order valence-corrected chi connectivity index (χ3v) is 2.58. The molecule has 0 radical (unpaired) electrons. The van der Waals surface area contributed by atoms with Crippen LogP contribution in [0, 0.1) is 0 Å². The average molecular weight is 260 g/mol. The Morgan fingerprint density at radius 2 is 1.33 bits per heavy atom. The van der Waals surface area contributed by atoms with Crippen LogP contribution in [0.5, 0.6) is 0 Å². The van der Waals surface area contributed by atoms with E-state index >= 15 is 0 Å². The summed E-state index contributed by atoms with van der Waals surface area (Å²) < 4.78 is 0. The molecule has 0 aliphatic heterocycles. The van der Waals surface area contributed by atoms with Crippen molar-refractivity contribution in [3.05, 3.63) is 66.2 Å². The SMILES string of the molecule is O=C(Cl)N(C(=O)c1ccccc1)c1ccccc1. The summed E-state index contributed by atoms with van der Waals surface area (Å²) in [4.78, 5) is 24.6. The third kappa shape index (κ3) is 2.57. The average Bonchev–Trinajstić information content (AvgIpc) is 2.40. The van der Waals surface area contributed by atoms with Crippen molar-refractivity contribution in [2.45, 2.75) is 0 Å². The molecule has 0 N–H and O–H groups in total. The van der Waals surface area contributed by atoms with E-state index in [1.807, 2.05) is 0 Å². The minimum absolute atomic E-state index is 0.412. The molecule has 0 bridgehead atoms. The Morgan fingerprint density at radius 1 is 0.833 bits per heavy atom. The maximum atomic E-state index is 12.2. The molecule has 0 saturated carbocycles. The molecule has 0 fully saturated rings.